The van der Waals surface area contributed by atoms with Crippen LogP contribution in [0.15, 0.2) is 4.99 Å². The van der Waals surface area contributed by atoms with Crippen LogP contribution in [-0.4, -0.2) is 68.0 Å². The SMILES string of the molecule is CCNC(=NCCCOCC(C)C)N1CCC(NC(=O)OC(C)(C)C)C1. The van der Waals surface area contributed by atoms with E-state index in [9.17, 15) is 4.79 Å². The number of alkyl carbamates (subject to hydrolysis) is 1. The van der Waals surface area contributed by atoms with Gasteiger partial charge in [-0.2, -0.15) is 0 Å². The van der Waals surface area contributed by atoms with Crippen molar-refractivity contribution in [3.05, 3.63) is 0 Å². The highest BCUT2D eigenvalue weighted by atomic mass is 16.6. The molecule has 1 rings (SSSR count). The van der Waals surface area contributed by atoms with E-state index < -0.39 is 5.60 Å². The molecule has 1 saturated heterocycles. The largest absolute Gasteiger partial charge is 0.444 e. The van der Waals surface area contributed by atoms with Crippen LogP contribution in [0.1, 0.15) is 54.4 Å². The fourth-order valence-corrected chi connectivity index (χ4v) is 2.64. The number of carbonyl (C=O) groups is 1. The predicted octanol–water partition coefficient (Wildman–Crippen LogP) is 2.61. The van der Waals surface area contributed by atoms with Crippen LogP contribution in [0.5, 0.6) is 0 Å². The van der Waals surface area contributed by atoms with Gasteiger partial charge < -0.3 is 25.0 Å². The van der Waals surface area contributed by atoms with Crippen molar-refractivity contribution in [3.8, 4) is 0 Å². The maximum atomic E-state index is 11.9. The van der Waals surface area contributed by atoms with Gasteiger partial charge in [0.2, 0.25) is 0 Å². The van der Waals surface area contributed by atoms with Crippen LogP contribution in [0, 0.1) is 5.92 Å². The van der Waals surface area contributed by atoms with Crippen LogP contribution in [0.25, 0.3) is 0 Å². The van der Waals surface area contributed by atoms with E-state index in [1.54, 1.807) is 0 Å². The van der Waals surface area contributed by atoms with Crippen molar-refractivity contribution in [1.29, 1.82) is 0 Å². The van der Waals surface area contributed by atoms with Gasteiger partial charge in [0.1, 0.15) is 5.60 Å². The van der Waals surface area contributed by atoms with E-state index in [1.807, 2.05) is 20.8 Å². The van der Waals surface area contributed by atoms with E-state index in [2.05, 4.69) is 36.3 Å². The number of aliphatic imine (C=N–C) groups is 1. The number of guanidine groups is 1. The number of hydrogen-bond acceptors (Lipinski definition) is 4. The van der Waals surface area contributed by atoms with Gasteiger partial charge in [0.15, 0.2) is 5.96 Å². The Bertz CT molecular complexity index is 447. The van der Waals surface area contributed by atoms with Crippen molar-refractivity contribution in [3.63, 3.8) is 0 Å². The Morgan fingerprint density at radius 1 is 1.35 bits per heavy atom. The fraction of sp³-hybridized carbons (Fsp3) is 0.895. The summed E-state index contributed by atoms with van der Waals surface area (Å²) in [4.78, 5) is 18.8. The maximum absolute atomic E-state index is 11.9. The standard InChI is InChI=1S/C19H38N4O3/c1-7-20-17(21-10-8-12-25-14-15(2)3)23-11-9-16(13-23)22-18(24)26-19(4,5)6/h15-16H,7-14H2,1-6H3,(H,20,21)(H,22,24). The second-order valence-electron chi connectivity index (χ2n) is 8.14. The number of carbonyl (C=O) groups excluding carboxylic acids is 1. The Morgan fingerprint density at radius 2 is 2.08 bits per heavy atom. The average Bonchev–Trinajstić information content (AvgIpc) is 2.95. The highest BCUT2D eigenvalue weighted by Gasteiger charge is 2.27. The van der Waals surface area contributed by atoms with Gasteiger partial charge >= 0.3 is 6.09 Å². The van der Waals surface area contributed by atoms with Gasteiger partial charge in [0, 0.05) is 39.4 Å². The minimum absolute atomic E-state index is 0.0862. The molecule has 7 heteroatoms. The molecule has 1 amide bonds. The molecule has 1 aliphatic rings. The highest BCUT2D eigenvalue weighted by Crippen LogP contribution is 2.12. The lowest BCUT2D eigenvalue weighted by molar-refractivity contribution is 0.0507. The number of nitrogens with one attached hydrogen (secondary N) is 2. The summed E-state index contributed by atoms with van der Waals surface area (Å²) < 4.78 is 10.9. The van der Waals surface area contributed by atoms with Crippen molar-refractivity contribution in [2.24, 2.45) is 10.9 Å². The molecular formula is C19H38N4O3. The number of ether oxygens (including phenoxy) is 2. The summed E-state index contributed by atoms with van der Waals surface area (Å²) in [7, 11) is 0. The van der Waals surface area contributed by atoms with Gasteiger partial charge in [0.25, 0.3) is 0 Å². The smallest absolute Gasteiger partial charge is 0.407 e. The summed E-state index contributed by atoms with van der Waals surface area (Å²) in [5.74, 6) is 1.47. The van der Waals surface area contributed by atoms with Gasteiger partial charge in [-0.15, -0.1) is 0 Å². The number of likely N-dealkylation sites (tertiary alicyclic amines) is 1. The van der Waals surface area contributed by atoms with Gasteiger partial charge in [0.05, 0.1) is 6.04 Å². The Kier molecular flexibility index (Phi) is 9.76. The van der Waals surface area contributed by atoms with Crippen molar-refractivity contribution in [2.75, 3.05) is 39.4 Å². The van der Waals surface area contributed by atoms with Crippen LogP contribution < -0.4 is 10.6 Å². The summed E-state index contributed by atoms with van der Waals surface area (Å²) in [6.07, 6.45) is 1.45. The summed E-state index contributed by atoms with van der Waals surface area (Å²) in [6, 6.07) is 0.0862. The van der Waals surface area contributed by atoms with E-state index in [0.717, 1.165) is 58.2 Å². The molecule has 0 aromatic rings. The maximum Gasteiger partial charge on any atom is 0.407 e. The molecule has 0 aromatic carbocycles. The Balaban J connectivity index is 2.40. The molecule has 1 heterocycles. The van der Waals surface area contributed by atoms with E-state index in [0.29, 0.717) is 5.92 Å². The second kappa shape index (κ2) is 11.3. The van der Waals surface area contributed by atoms with E-state index in [4.69, 9.17) is 14.5 Å². The number of rotatable bonds is 8. The predicted molar refractivity (Wildman–Crippen MR) is 106 cm³/mol. The molecule has 0 spiro atoms. The first-order valence-corrected chi connectivity index (χ1v) is 9.81. The third kappa shape index (κ3) is 9.85. The molecule has 0 aliphatic carbocycles. The molecule has 0 radical (unpaired) electrons. The minimum Gasteiger partial charge on any atom is -0.444 e. The summed E-state index contributed by atoms with van der Waals surface area (Å²) in [6.45, 7) is 16.7. The molecule has 152 valence electrons. The molecule has 2 N–H and O–H groups in total. The zero-order valence-electron chi connectivity index (χ0n) is 17.4. The third-order valence-corrected chi connectivity index (χ3v) is 3.70. The van der Waals surface area contributed by atoms with Gasteiger partial charge in [-0.1, -0.05) is 13.8 Å². The zero-order valence-corrected chi connectivity index (χ0v) is 17.4. The first-order valence-electron chi connectivity index (χ1n) is 9.81. The molecule has 1 unspecified atom stereocenters. The molecule has 7 nitrogen and oxygen atoms in total. The Labute approximate surface area is 158 Å². The third-order valence-electron chi connectivity index (χ3n) is 3.70. The molecule has 0 saturated carbocycles. The zero-order chi connectivity index (χ0) is 19.6. The quantitative estimate of drug-likeness (QED) is 0.390. The second-order valence-corrected chi connectivity index (χ2v) is 8.14. The first kappa shape index (κ1) is 22.5. The van der Waals surface area contributed by atoms with Gasteiger partial charge in [-0.25, -0.2) is 4.79 Å². The van der Waals surface area contributed by atoms with Gasteiger partial charge in [-0.3, -0.25) is 4.99 Å². The van der Waals surface area contributed by atoms with Crippen molar-refractivity contribution in [2.45, 2.75) is 66.0 Å². The number of nitrogens with zero attached hydrogens (tertiary/aromatic N) is 2. The van der Waals surface area contributed by atoms with Crippen LogP contribution in [0.4, 0.5) is 4.79 Å². The normalized spacial score (nSPS) is 18.3. The van der Waals surface area contributed by atoms with Crippen molar-refractivity contribution < 1.29 is 14.3 Å². The lowest BCUT2D eigenvalue weighted by Gasteiger charge is -2.23. The summed E-state index contributed by atoms with van der Waals surface area (Å²) in [5, 5.41) is 6.29. The summed E-state index contributed by atoms with van der Waals surface area (Å²) in [5.41, 5.74) is -0.476. The fourth-order valence-electron chi connectivity index (χ4n) is 2.64. The molecule has 1 fully saturated rings. The monoisotopic (exact) mass is 370 g/mol. The first-order chi connectivity index (χ1) is 12.2. The van der Waals surface area contributed by atoms with E-state index in [1.165, 1.54) is 0 Å². The Hall–Kier alpha value is -1.50. The molecule has 0 bridgehead atoms. The van der Waals surface area contributed by atoms with Crippen molar-refractivity contribution in [1.82, 2.24) is 15.5 Å². The van der Waals surface area contributed by atoms with E-state index >= 15 is 0 Å². The van der Waals surface area contributed by atoms with Crippen LogP contribution in [-0.2, 0) is 9.47 Å². The minimum atomic E-state index is -0.476. The van der Waals surface area contributed by atoms with E-state index in [-0.39, 0.29) is 12.1 Å². The lowest BCUT2D eigenvalue weighted by Crippen LogP contribution is -2.44. The molecule has 0 aromatic heterocycles. The van der Waals surface area contributed by atoms with Crippen LogP contribution >= 0.6 is 0 Å². The average molecular weight is 371 g/mol. The van der Waals surface area contributed by atoms with Crippen LogP contribution in [0.3, 0.4) is 0 Å². The summed E-state index contributed by atoms with van der Waals surface area (Å²) >= 11 is 0. The number of amides is 1. The van der Waals surface area contributed by atoms with Gasteiger partial charge in [-0.05, 0) is 46.5 Å². The molecule has 26 heavy (non-hydrogen) atoms. The topological polar surface area (TPSA) is 75.2 Å². The lowest BCUT2D eigenvalue weighted by atomic mass is 10.2. The van der Waals surface area contributed by atoms with Crippen LogP contribution in [0.2, 0.25) is 0 Å². The Morgan fingerprint density at radius 3 is 2.69 bits per heavy atom. The molecule has 1 atom stereocenters. The highest BCUT2D eigenvalue weighted by molar-refractivity contribution is 5.80. The molecule has 1 aliphatic heterocycles. The molecular weight excluding hydrogens is 332 g/mol. The van der Waals surface area contributed by atoms with Crippen molar-refractivity contribution >= 4 is 12.1 Å². The number of hydrogen-bond donors (Lipinski definition) is 2.